The van der Waals surface area contributed by atoms with Crippen molar-refractivity contribution in [2.24, 2.45) is 0 Å². The number of pyridine rings is 2. The number of ether oxygens (including phenoxy) is 1. The topological polar surface area (TPSA) is 44.3 Å². The maximum absolute atomic E-state index is 6.52. The van der Waals surface area contributed by atoms with Crippen molar-refractivity contribution in [1.82, 2.24) is 18.9 Å². The summed E-state index contributed by atoms with van der Waals surface area (Å²) < 4.78 is 10.8. The van der Waals surface area contributed by atoms with Gasteiger partial charge in [0.05, 0.1) is 5.65 Å². The van der Waals surface area contributed by atoms with Crippen molar-refractivity contribution in [3.63, 3.8) is 0 Å². The van der Waals surface area contributed by atoms with Crippen molar-refractivity contribution in [3.8, 4) is 39.6 Å². The molecule has 6 aromatic carbocycles. The third-order valence-corrected chi connectivity index (χ3v) is 9.27. The van der Waals surface area contributed by atoms with Crippen LogP contribution in [0.2, 0.25) is 0 Å². The number of para-hydroxylation sites is 1. The first-order chi connectivity index (χ1) is 24.3. The maximum Gasteiger partial charge on any atom is 2.00 e. The van der Waals surface area contributed by atoms with E-state index in [-0.39, 0.29) is 21.1 Å². The second kappa shape index (κ2) is 12.1. The van der Waals surface area contributed by atoms with E-state index in [0.717, 1.165) is 71.6 Å². The predicted molar refractivity (Wildman–Crippen MR) is 197 cm³/mol. The van der Waals surface area contributed by atoms with Gasteiger partial charge >= 0.3 is 21.1 Å². The molecule has 0 bridgehead atoms. The van der Waals surface area contributed by atoms with Crippen molar-refractivity contribution in [1.29, 1.82) is 0 Å². The fourth-order valence-electron chi connectivity index (χ4n) is 7.11. The van der Waals surface area contributed by atoms with Crippen LogP contribution in [-0.4, -0.2) is 18.9 Å². The minimum absolute atomic E-state index is 0. The summed E-state index contributed by atoms with van der Waals surface area (Å²) in [6, 6.07) is 55.3. The zero-order chi connectivity index (χ0) is 32.3. The van der Waals surface area contributed by atoms with Gasteiger partial charge in [-0.05, 0) is 51.7 Å². The van der Waals surface area contributed by atoms with Gasteiger partial charge in [0, 0.05) is 46.7 Å². The van der Waals surface area contributed by atoms with Gasteiger partial charge in [-0.15, -0.1) is 29.7 Å². The molecular formula is C44H26N4OPt. The van der Waals surface area contributed by atoms with Gasteiger partial charge in [0.2, 0.25) is 0 Å². The van der Waals surface area contributed by atoms with E-state index in [9.17, 15) is 0 Å². The molecule has 0 fully saturated rings. The predicted octanol–water partition coefficient (Wildman–Crippen LogP) is 10.9. The molecule has 0 amide bonds. The summed E-state index contributed by atoms with van der Waals surface area (Å²) in [7, 11) is 0. The first-order valence-electron chi connectivity index (χ1n) is 16.2. The van der Waals surface area contributed by atoms with Crippen LogP contribution < -0.4 is 4.74 Å². The SMILES string of the molecule is [Pt+2].[c-]1c(Oc2[c-]c3c(cc2)c2ccccc2n3-c2ccccn2)ccc2c1c1nccn1c1c(-c3ccccc3)cc(-c3ccccc3)cc21. The summed E-state index contributed by atoms with van der Waals surface area (Å²) in [5.41, 5.74) is 8.52. The first-order valence-corrected chi connectivity index (χ1v) is 16.2. The zero-order valence-electron chi connectivity index (χ0n) is 26.5. The number of fused-ring (bicyclic) bond motifs is 9. The molecule has 0 aliphatic carbocycles. The van der Waals surface area contributed by atoms with Gasteiger partial charge in [0.25, 0.3) is 0 Å². The van der Waals surface area contributed by atoms with Crippen LogP contribution in [0.4, 0.5) is 0 Å². The summed E-state index contributed by atoms with van der Waals surface area (Å²) in [5.74, 6) is 2.02. The Balaban J connectivity index is 0.00000336. The number of aromatic nitrogens is 4. The number of imidazole rings is 1. The van der Waals surface area contributed by atoms with Crippen molar-refractivity contribution < 1.29 is 25.8 Å². The van der Waals surface area contributed by atoms with E-state index in [1.54, 1.807) is 0 Å². The van der Waals surface area contributed by atoms with Gasteiger partial charge in [-0.25, -0.2) is 4.98 Å². The average Bonchev–Trinajstić information content (AvgIpc) is 3.79. The second-order valence-electron chi connectivity index (χ2n) is 12.1. The van der Waals surface area contributed by atoms with Crippen molar-refractivity contribution >= 4 is 49.1 Å². The molecule has 0 spiro atoms. The molecule has 4 aromatic heterocycles. The Hall–Kier alpha value is -6.03. The number of benzene rings is 6. The first kappa shape index (κ1) is 30.1. The molecule has 0 radical (unpaired) electrons. The summed E-state index contributed by atoms with van der Waals surface area (Å²) in [5, 5.41) is 5.30. The summed E-state index contributed by atoms with van der Waals surface area (Å²) in [4.78, 5) is 9.48. The molecule has 238 valence electrons. The number of hydrogen-bond acceptors (Lipinski definition) is 3. The Morgan fingerprint density at radius 3 is 2.06 bits per heavy atom. The molecule has 4 heterocycles. The van der Waals surface area contributed by atoms with Crippen LogP contribution in [-0.2, 0) is 21.1 Å². The Labute approximate surface area is 302 Å². The van der Waals surface area contributed by atoms with Crippen molar-refractivity contribution in [3.05, 3.63) is 170 Å². The molecule has 5 nitrogen and oxygen atoms in total. The molecule has 10 aromatic rings. The Kier molecular flexibility index (Phi) is 7.30. The van der Waals surface area contributed by atoms with Gasteiger partial charge in [0.15, 0.2) is 0 Å². The van der Waals surface area contributed by atoms with Gasteiger partial charge in [-0.2, -0.15) is 6.07 Å². The van der Waals surface area contributed by atoms with Crippen LogP contribution in [0.5, 0.6) is 11.5 Å². The molecule has 0 saturated heterocycles. The summed E-state index contributed by atoms with van der Waals surface area (Å²) in [6.45, 7) is 0. The van der Waals surface area contributed by atoms with E-state index in [0.29, 0.717) is 11.5 Å². The minimum Gasteiger partial charge on any atom is -0.503 e. The third kappa shape index (κ3) is 4.81. The van der Waals surface area contributed by atoms with Crippen LogP contribution in [0.3, 0.4) is 0 Å². The monoisotopic (exact) mass is 821 g/mol. The fourth-order valence-corrected chi connectivity index (χ4v) is 7.11. The number of nitrogens with zero attached hydrogens (tertiary/aromatic N) is 4. The quantitative estimate of drug-likeness (QED) is 0.128. The van der Waals surface area contributed by atoms with Crippen LogP contribution in [0, 0.1) is 12.1 Å². The standard InChI is InChI=1S/C44H26N4O.Pt/c1-3-11-29(12-4-1)31-25-37(30-13-5-2-6-14-30)43-38(26-31)34-20-18-32(27-39(34)44-46-23-24-47(43)44)49-33-19-21-36-35-15-7-8-16-40(35)48(41(36)28-33)42-17-9-10-22-45-42;/h1-26H;/q-2;+2. The molecule has 50 heavy (non-hydrogen) atoms. The number of hydrogen-bond donors (Lipinski definition) is 0. The Bertz CT molecular complexity index is 2850. The van der Waals surface area contributed by atoms with Gasteiger partial charge < -0.3 is 13.7 Å². The molecule has 0 atom stereocenters. The molecule has 0 aliphatic heterocycles. The van der Waals surface area contributed by atoms with Crippen molar-refractivity contribution in [2.75, 3.05) is 0 Å². The molecule has 0 unspecified atom stereocenters. The van der Waals surface area contributed by atoms with Gasteiger partial charge in [-0.1, -0.05) is 113 Å². The van der Waals surface area contributed by atoms with Gasteiger partial charge in [-0.3, -0.25) is 4.98 Å². The fraction of sp³-hybridized carbons (Fsp3) is 0. The molecule has 6 heteroatoms. The number of rotatable bonds is 5. The average molecular weight is 822 g/mol. The van der Waals surface area contributed by atoms with Crippen LogP contribution in [0.1, 0.15) is 0 Å². The molecule has 0 aliphatic rings. The normalized spacial score (nSPS) is 11.4. The van der Waals surface area contributed by atoms with E-state index in [1.165, 1.54) is 5.56 Å². The van der Waals surface area contributed by atoms with E-state index < -0.39 is 0 Å². The van der Waals surface area contributed by atoms with E-state index in [2.05, 4.69) is 129 Å². The largest absolute Gasteiger partial charge is 2.00 e. The van der Waals surface area contributed by atoms with Crippen LogP contribution in [0.25, 0.3) is 77.2 Å². The Morgan fingerprint density at radius 2 is 1.26 bits per heavy atom. The maximum atomic E-state index is 6.52. The van der Waals surface area contributed by atoms with Crippen LogP contribution in [0.15, 0.2) is 158 Å². The van der Waals surface area contributed by atoms with E-state index in [4.69, 9.17) is 9.72 Å². The van der Waals surface area contributed by atoms with E-state index in [1.807, 2.05) is 55.0 Å². The summed E-state index contributed by atoms with van der Waals surface area (Å²) in [6.07, 6.45) is 5.70. The summed E-state index contributed by atoms with van der Waals surface area (Å²) >= 11 is 0. The third-order valence-electron chi connectivity index (χ3n) is 9.27. The minimum atomic E-state index is 0. The second-order valence-corrected chi connectivity index (χ2v) is 12.1. The van der Waals surface area contributed by atoms with Crippen molar-refractivity contribution in [2.45, 2.75) is 0 Å². The van der Waals surface area contributed by atoms with Crippen LogP contribution >= 0.6 is 0 Å². The molecule has 0 N–H and O–H groups in total. The zero-order valence-corrected chi connectivity index (χ0v) is 28.8. The smallest absolute Gasteiger partial charge is 0.503 e. The van der Waals surface area contributed by atoms with Gasteiger partial charge in [0.1, 0.15) is 5.82 Å². The molecule has 10 rings (SSSR count). The Morgan fingerprint density at radius 1 is 0.540 bits per heavy atom. The molecule has 0 saturated carbocycles. The van der Waals surface area contributed by atoms with E-state index >= 15 is 0 Å². The molecular weight excluding hydrogens is 796 g/mol.